The van der Waals surface area contributed by atoms with Crippen molar-refractivity contribution in [3.63, 3.8) is 0 Å². The maximum absolute atomic E-state index is 12.5. The van der Waals surface area contributed by atoms with Crippen molar-refractivity contribution in [2.24, 2.45) is 0 Å². The van der Waals surface area contributed by atoms with Gasteiger partial charge in [0.15, 0.2) is 0 Å². The average Bonchev–Trinajstić information content (AvgIpc) is 3.09. The maximum Gasteiger partial charge on any atom is 0.308 e. The maximum atomic E-state index is 12.5. The van der Waals surface area contributed by atoms with Gasteiger partial charge in [-0.3, -0.25) is 19.2 Å². The van der Waals surface area contributed by atoms with Crippen LogP contribution in [0.25, 0.3) is 11.3 Å². The van der Waals surface area contributed by atoms with Crippen LogP contribution >= 0.6 is 0 Å². The van der Waals surface area contributed by atoms with Crippen molar-refractivity contribution >= 4 is 35.2 Å². The van der Waals surface area contributed by atoms with Crippen LogP contribution in [0.15, 0.2) is 66.7 Å². The van der Waals surface area contributed by atoms with Gasteiger partial charge in [0, 0.05) is 81.0 Å². The number of carbonyl (C=O) groups excluding carboxylic acids is 4. The van der Waals surface area contributed by atoms with E-state index in [4.69, 9.17) is 37.9 Å². The Morgan fingerprint density at radius 1 is 0.596 bits per heavy atom. The highest BCUT2D eigenvalue weighted by atomic mass is 16.6. The van der Waals surface area contributed by atoms with Crippen molar-refractivity contribution in [1.82, 2.24) is 0 Å². The molecular weight excluding hydrogens is 672 g/mol. The van der Waals surface area contributed by atoms with Crippen molar-refractivity contribution in [2.45, 2.75) is 46.5 Å². The number of ether oxygens (including phenoxy) is 8. The molecule has 12 nitrogen and oxygen atoms in total. The van der Waals surface area contributed by atoms with Crippen LogP contribution in [0.3, 0.4) is 0 Å². The summed E-state index contributed by atoms with van der Waals surface area (Å²) in [5.41, 5.74) is 3.86. The van der Waals surface area contributed by atoms with Crippen LogP contribution in [-0.2, 0) is 32.0 Å². The van der Waals surface area contributed by atoms with Crippen LogP contribution < -0.4 is 37.9 Å². The SMILES string of the molecule is COc1ccc(C2=C(c3cc4c(cc3OC(C)=O)OC[C@@H](c3ccc(OC)cc3OC(C)=O)C4)Cc3ccc(OC(C)=O)cc3O2)c(OC(C)=O)c1. The number of carbonyl (C=O) groups is 4. The first-order valence-electron chi connectivity index (χ1n) is 16.4. The Kier molecular flexibility index (Phi) is 10.2. The monoisotopic (exact) mass is 708 g/mol. The molecule has 52 heavy (non-hydrogen) atoms. The molecule has 268 valence electrons. The number of methoxy groups -OCH3 is 2. The molecule has 2 aliphatic heterocycles. The van der Waals surface area contributed by atoms with Crippen LogP contribution in [0.5, 0.6) is 46.0 Å². The highest BCUT2D eigenvalue weighted by molar-refractivity contribution is 5.96. The lowest BCUT2D eigenvalue weighted by Crippen LogP contribution is -2.21. The summed E-state index contributed by atoms with van der Waals surface area (Å²) in [6.07, 6.45) is 0.763. The lowest BCUT2D eigenvalue weighted by Gasteiger charge is -2.30. The van der Waals surface area contributed by atoms with Crippen LogP contribution in [0, 0.1) is 0 Å². The number of fused-ring (bicyclic) bond motifs is 2. The first-order chi connectivity index (χ1) is 24.9. The van der Waals surface area contributed by atoms with Gasteiger partial charge in [0.25, 0.3) is 0 Å². The third-order valence-electron chi connectivity index (χ3n) is 8.40. The van der Waals surface area contributed by atoms with E-state index in [2.05, 4.69) is 0 Å². The van der Waals surface area contributed by atoms with Gasteiger partial charge in [-0.25, -0.2) is 0 Å². The number of allylic oxidation sites excluding steroid dienone is 1. The molecule has 4 aromatic rings. The van der Waals surface area contributed by atoms with E-state index in [1.165, 1.54) is 41.9 Å². The lowest BCUT2D eigenvalue weighted by atomic mass is 9.86. The summed E-state index contributed by atoms with van der Waals surface area (Å²) < 4.78 is 45.9. The van der Waals surface area contributed by atoms with Gasteiger partial charge in [0.2, 0.25) is 0 Å². The third-order valence-corrected chi connectivity index (χ3v) is 8.40. The topological polar surface area (TPSA) is 142 Å². The van der Waals surface area contributed by atoms with E-state index in [9.17, 15) is 19.2 Å². The minimum absolute atomic E-state index is 0.173. The van der Waals surface area contributed by atoms with Crippen LogP contribution in [0.1, 0.15) is 61.4 Å². The zero-order valence-corrected chi connectivity index (χ0v) is 29.4. The molecule has 0 bridgehead atoms. The van der Waals surface area contributed by atoms with E-state index >= 15 is 0 Å². The van der Waals surface area contributed by atoms with E-state index in [-0.39, 0.29) is 36.2 Å². The zero-order chi connectivity index (χ0) is 37.1. The smallest absolute Gasteiger partial charge is 0.308 e. The second-order valence-electron chi connectivity index (χ2n) is 12.2. The molecule has 12 heteroatoms. The molecule has 0 unspecified atom stereocenters. The van der Waals surface area contributed by atoms with Gasteiger partial charge in [0.1, 0.15) is 51.8 Å². The molecule has 2 aliphatic rings. The molecular formula is C40H36O12. The van der Waals surface area contributed by atoms with Gasteiger partial charge < -0.3 is 37.9 Å². The van der Waals surface area contributed by atoms with E-state index in [0.717, 1.165) is 16.7 Å². The van der Waals surface area contributed by atoms with Crippen molar-refractivity contribution in [1.29, 1.82) is 0 Å². The van der Waals surface area contributed by atoms with E-state index in [1.807, 2.05) is 12.1 Å². The fourth-order valence-electron chi connectivity index (χ4n) is 6.25. The summed E-state index contributed by atoms with van der Waals surface area (Å²) in [6.45, 7) is 5.50. The van der Waals surface area contributed by atoms with E-state index < -0.39 is 23.9 Å². The molecule has 0 aliphatic carbocycles. The fraction of sp³-hybridized carbons (Fsp3) is 0.250. The molecule has 0 N–H and O–H groups in total. The Labute approximate surface area is 299 Å². The van der Waals surface area contributed by atoms with Gasteiger partial charge in [-0.1, -0.05) is 12.1 Å². The lowest BCUT2D eigenvalue weighted by molar-refractivity contribution is -0.132. The first-order valence-corrected chi connectivity index (χ1v) is 16.4. The average molecular weight is 709 g/mol. The second kappa shape index (κ2) is 14.9. The second-order valence-corrected chi connectivity index (χ2v) is 12.2. The number of benzene rings is 4. The predicted molar refractivity (Wildman–Crippen MR) is 187 cm³/mol. The molecule has 0 saturated heterocycles. The molecule has 0 spiro atoms. The molecule has 0 fully saturated rings. The Bertz CT molecular complexity index is 2130. The van der Waals surface area contributed by atoms with Crippen molar-refractivity contribution in [3.8, 4) is 46.0 Å². The Balaban J connectivity index is 1.53. The Morgan fingerprint density at radius 2 is 1.19 bits per heavy atom. The first kappa shape index (κ1) is 35.5. The van der Waals surface area contributed by atoms with Crippen LogP contribution in [0.4, 0.5) is 0 Å². The molecule has 0 saturated carbocycles. The van der Waals surface area contributed by atoms with E-state index in [0.29, 0.717) is 57.6 Å². The number of esters is 4. The Morgan fingerprint density at radius 3 is 1.85 bits per heavy atom. The molecule has 0 amide bonds. The summed E-state index contributed by atoms with van der Waals surface area (Å²) in [4.78, 5) is 48.5. The predicted octanol–water partition coefficient (Wildman–Crippen LogP) is 6.63. The van der Waals surface area contributed by atoms with E-state index in [1.54, 1.807) is 54.6 Å². The molecule has 2 heterocycles. The number of rotatable bonds is 9. The van der Waals surface area contributed by atoms with Gasteiger partial charge in [-0.15, -0.1) is 0 Å². The quantitative estimate of drug-likeness (QED) is 0.136. The molecule has 4 aromatic carbocycles. The Hall–Kier alpha value is -6.30. The summed E-state index contributed by atoms with van der Waals surface area (Å²) in [6, 6.07) is 18.9. The van der Waals surface area contributed by atoms with Gasteiger partial charge in [0.05, 0.1) is 26.4 Å². The summed E-state index contributed by atoms with van der Waals surface area (Å²) in [5, 5.41) is 0. The van der Waals surface area contributed by atoms with Crippen LogP contribution in [-0.4, -0.2) is 44.7 Å². The van der Waals surface area contributed by atoms with Gasteiger partial charge in [-0.05, 0) is 47.9 Å². The minimum atomic E-state index is -0.561. The van der Waals surface area contributed by atoms with Crippen molar-refractivity contribution in [2.75, 3.05) is 20.8 Å². The summed E-state index contributed by atoms with van der Waals surface area (Å²) >= 11 is 0. The molecule has 1 atom stereocenters. The third kappa shape index (κ3) is 7.70. The zero-order valence-electron chi connectivity index (χ0n) is 29.4. The van der Waals surface area contributed by atoms with Gasteiger partial charge >= 0.3 is 23.9 Å². The molecule has 0 aromatic heterocycles. The normalized spacial score (nSPS) is 14.5. The standard InChI is InChI=1S/C40H36O12/c1-21(41)48-30-8-7-25-14-34(40(52-36(25)18-30)32-12-10-29(46-6)17-38(32)50-23(3)43)33-15-26-13-27(20-47-35(26)19-39(33)51-24(4)44)31-11-9-28(45-5)16-37(31)49-22(2)42/h7-12,15-19,27H,13-14,20H2,1-6H3/t27-/m0/s1. The molecule has 0 radical (unpaired) electrons. The largest absolute Gasteiger partial charge is 0.497 e. The van der Waals surface area contributed by atoms with Crippen molar-refractivity contribution < 1.29 is 57.1 Å². The summed E-state index contributed by atoms with van der Waals surface area (Å²) in [5.74, 6) is 0.996. The number of hydrogen-bond donors (Lipinski definition) is 0. The highest BCUT2D eigenvalue weighted by Gasteiger charge is 2.32. The van der Waals surface area contributed by atoms with Crippen molar-refractivity contribution in [3.05, 3.63) is 94.5 Å². The molecule has 6 rings (SSSR count). The number of hydrogen-bond acceptors (Lipinski definition) is 12. The van der Waals surface area contributed by atoms with Crippen LogP contribution in [0.2, 0.25) is 0 Å². The fourth-order valence-corrected chi connectivity index (χ4v) is 6.25. The van der Waals surface area contributed by atoms with Gasteiger partial charge in [-0.2, -0.15) is 0 Å². The highest BCUT2D eigenvalue weighted by Crippen LogP contribution is 2.48. The minimum Gasteiger partial charge on any atom is -0.497 e. The summed E-state index contributed by atoms with van der Waals surface area (Å²) in [7, 11) is 3.03.